The molecule has 3 aromatic rings. The Kier molecular flexibility index (Phi) is 6.05. The van der Waals surface area contributed by atoms with E-state index in [4.69, 9.17) is 0 Å². The van der Waals surface area contributed by atoms with Crippen molar-refractivity contribution in [3.05, 3.63) is 89.5 Å². The van der Waals surface area contributed by atoms with E-state index in [-0.39, 0.29) is 14.7 Å². The first-order chi connectivity index (χ1) is 14.3. The van der Waals surface area contributed by atoms with Crippen LogP contribution in [0.3, 0.4) is 0 Å². The van der Waals surface area contributed by atoms with E-state index < -0.39 is 46.1 Å². The molecule has 0 fully saturated rings. The molecule has 0 aliphatic rings. The highest BCUT2D eigenvalue weighted by molar-refractivity contribution is 8.17. The molecule has 0 spiro atoms. The second kappa shape index (κ2) is 8.14. The summed E-state index contributed by atoms with van der Waals surface area (Å²) in [5.41, 5.74) is -3.13. The lowest BCUT2D eigenvalue weighted by Gasteiger charge is -2.25. The topological polar surface area (TPSA) is 0 Å². The SMILES string of the molecule is FC(F)(F)c1cccc([SH](c2cccc(C(F)(F)F)c2)c2cccc(C(F)(F)F)c2)c1. The van der Waals surface area contributed by atoms with Crippen molar-refractivity contribution in [3.63, 3.8) is 0 Å². The molecule has 0 nitrogen and oxygen atoms in total. The predicted octanol–water partition coefficient (Wildman–Crippen LogP) is 8.22. The first-order valence-corrected chi connectivity index (χ1v) is 9.93. The third-order valence-corrected chi connectivity index (χ3v) is 6.68. The van der Waals surface area contributed by atoms with E-state index in [1.807, 2.05) is 0 Å². The van der Waals surface area contributed by atoms with Crippen molar-refractivity contribution < 1.29 is 39.5 Å². The summed E-state index contributed by atoms with van der Waals surface area (Å²) in [6, 6.07) is 11.7. The molecule has 0 unspecified atom stereocenters. The number of benzene rings is 3. The monoisotopic (exact) mass is 468 g/mol. The molecule has 166 valence electrons. The first-order valence-electron chi connectivity index (χ1n) is 8.59. The highest BCUT2D eigenvalue weighted by atomic mass is 32.2. The van der Waals surface area contributed by atoms with E-state index in [1.54, 1.807) is 0 Å². The van der Waals surface area contributed by atoms with Crippen LogP contribution in [0, 0.1) is 0 Å². The van der Waals surface area contributed by atoms with Gasteiger partial charge in [0.2, 0.25) is 0 Å². The number of rotatable bonds is 3. The van der Waals surface area contributed by atoms with Crippen molar-refractivity contribution >= 4 is 10.9 Å². The van der Waals surface area contributed by atoms with Crippen LogP contribution in [-0.4, -0.2) is 0 Å². The third kappa shape index (κ3) is 5.36. The van der Waals surface area contributed by atoms with E-state index in [9.17, 15) is 39.5 Å². The Morgan fingerprint density at radius 1 is 0.419 bits per heavy atom. The number of alkyl halides is 9. The minimum absolute atomic E-state index is 0.0246. The van der Waals surface area contributed by atoms with Crippen molar-refractivity contribution in [2.75, 3.05) is 0 Å². The maximum Gasteiger partial charge on any atom is 0.416 e. The summed E-state index contributed by atoms with van der Waals surface area (Å²) in [5.74, 6) is 0. The van der Waals surface area contributed by atoms with Gasteiger partial charge in [-0.2, -0.15) is 50.4 Å². The Bertz CT molecular complexity index is 928. The Morgan fingerprint density at radius 2 is 0.677 bits per heavy atom. The Hall–Kier alpha value is -2.62. The normalized spacial score (nSPS) is 13.3. The smallest absolute Gasteiger partial charge is 0.173 e. The summed E-state index contributed by atoms with van der Waals surface area (Å²) in [5, 5.41) is 0. The molecule has 0 aromatic heterocycles. The van der Waals surface area contributed by atoms with Crippen LogP contribution in [0.1, 0.15) is 16.7 Å². The quantitative estimate of drug-likeness (QED) is 0.291. The maximum atomic E-state index is 13.2. The lowest BCUT2D eigenvalue weighted by molar-refractivity contribution is -0.138. The molecule has 0 saturated heterocycles. The molecule has 3 rings (SSSR count). The van der Waals surface area contributed by atoms with Crippen LogP contribution in [0.5, 0.6) is 0 Å². The number of halogens is 9. The Labute approximate surface area is 173 Å². The molecule has 10 heteroatoms. The van der Waals surface area contributed by atoms with Gasteiger partial charge in [-0.25, -0.2) is 0 Å². The second-order valence-electron chi connectivity index (χ2n) is 6.48. The molecule has 0 aliphatic carbocycles. The van der Waals surface area contributed by atoms with Gasteiger partial charge in [-0.1, -0.05) is 18.2 Å². The van der Waals surface area contributed by atoms with Gasteiger partial charge in [-0.15, -0.1) is 0 Å². The van der Waals surface area contributed by atoms with Gasteiger partial charge in [0.15, 0.2) is 0 Å². The molecule has 3 aromatic carbocycles. The Balaban J connectivity index is 2.24. The molecule has 0 radical (unpaired) electrons. The van der Waals surface area contributed by atoms with Crippen molar-refractivity contribution in [2.45, 2.75) is 33.2 Å². The van der Waals surface area contributed by atoms with Crippen molar-refractivity contribution in [1.82, 2.24) is 0 Å². The van der Waals surface area contributed by atoms with Crippen LogP contribution in [0.4, 0.5) is 39.5 Å². The summed E-state index contributed by atoms with van der Waals surface area (Å²) < 4.78 is 119. The zero-order chi connectivity index (χ0) is 23.0. The van der Waals surface area contributed by atoms with E-state index in [0.717, 1.165) is 54.6 Å². The lowest BCUT2D eigenvalue weighted by atomic mass is 10.2. The van der Waals surface area contributed by atoms with Crippen molar-refractivity contribution in [3.8, 4) is 0 Å². The first kappa shape index (κ1) is 23.1. The van der Waals surface area contributed by atoms with Gasteiger partial charge >= 0.3 is 18.5 Å². The zero-order valence-corrected chi connectivity index (χ0v) is 16.2. The summed E-state index contributed by atoms with van der Waals surface area (Å²) in [4.78, 5) is -0.0737. The largest absolute Gasteiger partial charge is 0.416 e. The van der Waals surface area contributed by atoms with Crippen LogP contribution >= 0.6 is 10.9 Å². The molecule has 0 bridgehead atoms. The summed E-state index contributed by atoms with van der Waals surface area (Å²) in [6.07, 6.45) is -14.2. The maximum absolute atomic E-state index is 13.2. The van der Waals surface area contributed by atoms with Crippen LogP contribution in [-0.2, 0) is 18.5 Å². The van der Waals surface area contributed by atoms with Crippen LogP contribution < -0.4 is 0 Å². The predicted molar refractivity (Wildman–Crippen MR) is 98.1 cm³/mol. The van der Waals surface area contributed by atoms with Gasteiger partial charge in [0.25, 0.3) is 0 Å². The molecule has 0 atom stereocenters. The minimum Gasteiger partial charge on any atom is -0.173 e. The fourth-order valence-corrected chi connectivity index (χ4v) is 5.32. The highest BCUT2D eigenvalue weighted by Crippen LogP contribution is 2.53. The molecule has 0 heterocycles. The fraction of sp³-hybridized carbons (Fsp3) is 0.143. The molecular weight excluding hydrogens is 455 g/mol. The summed E-state index contributed by atoms with van der Waals surface area (Å²) >= 11 is 0. The average molecular weight is 468 g/mol. The molecule has 0 aliphatic heterocycles. The van der Waals surface area contributed by atoms with Crippen LogP contribution in [0.25, 0.3) is 0 Å². The lowest BCUT2D eigenvalue weighted by Crippen LogP contribution is -2.07. The van der Waals surface area contributed by atoms with E-state index >= 15 is 0 Å². The van der Waals surface area contributed by atoms with E-state index in [1.165, 1.54) is 18.2 Å². The van der Waals surface area contributed by atoms with Gasteiger partial charge in [0.05, 0.1) is 16.7 Å². The minimum atomic E-state index is -4.72. The van der Waals surface area contributed by atoms with Gasteiger partial charge in [0.1, 0.15) is 0 Å². The van der Waals surface area contributed by atoms with Gasteiger partial charge in [-0.3, -0.25) is 0 Å². The van der Waals surface area contributed by atoms with Crippen molar-refractivity contribution in [1.29, 1.82) is 0 Å². The van der Waals surface area contributed by atoms with E-state index in [2.05, 4.69) is 0 Å². The molecule has 0 amide bonds. The molecular formula is C21H13F9S. The molecule has 0 saturated carbocycles. The zero-order valence-electron chi connectivity index (χ0n) is 15.3. The molecule has 31 heavy (non-hydrogen) atoms. The fourth-order valence-electron chi connectivity index (χ4n) is 2.91. The highest BCUT2D eigenvalue weighted by Gasteiger charge is 2.34. The average Bonchev–Trinajstić information content (AvgIpc) is 2.67. The van der Waals surface area contributed by atoms with Crippen LogP contribution in [0.2, 0.25) is 0 Å². The van der Waals surface area contributed by atoms with Crippen molar-refractivity contribution in [2.24, 2.45) is 0 Å². The standard InChI is InChI=1S/C21H13F9S/c22-19(23,24)13-4-1-7-16(10-13)31(17-8-2-5-14(11-17)20(25,26)27)18-9-3-6-15(12-18)21(28,29)30/h1-12,31H. The van der Waals surface area contributed by atoms with Crippen LogP contribution in [0.15, 0.2) is 87.5 Å². The van der Waals surface area contributed by atoms with Gasteiger partial charge in [-0.05, 0) is 69.3 Å². The number of hydrogen-bond donors (Lipinski definition) is 1. The third-order valence-electron chi connectivity index (χ3n) is 4.30. The van der Waals surface area contributed by atoms with E-state index in [0.29, 0.717) is 0 Å². The molecule has 0 N–H and O–H groups in total. The summed E-state index contributed by atoms with van der Waals surface area (Å²) in [6.45, 7) is 0. The Morgan fingerprint density at radius 3 is 0.903 bits per heavy atom. The van der Waals surface area contributed by atoms with Gasteiger partial charge < -0.3 is 0 Å². The number of hydrogen-bond acceptors (Lipinski definition) is 0. The second-order valence-corrected chi connectivity index (χ2v) is 8.70. The number of thiol groups is 1. The van der Waals surface area contributed by atoms with Gasteiger partial charge in [0, 0.05) is 0 Å². The summed E-state index contributed by atoms with van der Waals surface area (Å²) in [7, 11) is -2.14.